The quantitative estimate of drug-likeness (QED) is 0.609. The molecule has 3 aromatic heterocycles. The maximum Gasteiger partial charge on any atom is 0.265 e. The number of amides is 2. The Bertz CT molecular complexity index is 1180. The first-order valence-electron chi connectivity index (χ1n) is 11.1. The van der Waals surface area contributed by atoms with E-state index in [-0.39, 0.29) is 34.5 Å². The molecule has 1 N–H and O–H groups in total. The molecule has 2 amide bonds. The van der Waals surface area contributed by atoms with Crippen molar-refractivity contribution in [3.63, 3.8) is 0 Å². The summed E-state index contributed by atoms with van der Waals surface area (Å²) in [6, 6.07) is 1.87. The van der Waals surface area contributed by atoms with Crippen molar-refractivity contribution in [2.45, 2.75) is 32.6 Å². The summed E-state index contributed by atoms with van der Waals surface area (Å²) < 4.78 is 6.05. The van der Waals surface area contributed by atoms with Crippen LogP contribution in [-0.4, -0.2) is 73.2 Å². The molecule has 5 heterocycles. The zero-order valence-corrected chi connectivity index (χ0v) is 19.3. The topological polar surface area (TPSA) is 121 Å². The lowest BCUT2D eigenvalue weighted by atomic mass is 9.71. The van der Waals surface area contributed by atoms with Crippen LogP contribution in [-0.2, 0) is 11.2 Å². The fourth-order valence-corrected chi connectivity index (χ4v) is 5.85. The zero-order chi connectivity index (χ0) is 22.8. The molecule has 2 saturated heterocycles. The summed E-state index contributed by atoms with van der Waals surface area (Å²) in [5.74, 6) is 1.19. The van der Waals surface area contributed by atoms with Gasteiger partial charge < -0.3 is 14.2 Å². The summed E-state index contributed by atoms with van der Waals surface area (Å²) in [6.45, 7) is 6.52. The van der Waals surface area contributed by atoms with E-state index in [4.69, 9.17) is 4.42 Å². The standard InChI is InChI=1S/C22H25N7O3S/c1-21(2)6-14(21)19(30)29-10-22(11-29)9-28(20(31)16-7-23-12-33-16)8-15(22)18-27-26-17(32-18)5-13-3-4-24-25-13/h3-4,7,12,14-15H,5-6,8-11H2,1-2H3,(H,24,25)/t14-,15?/m1/s1. The Balaban J connectivity index is 1.24. The van der Waals surface area contributed by atoms with Gasteiger partial charge in [0.05, 0.1) is 29.7 Å². The van der Waals surface area contributed by atoms with Crippen LogP contribution in [0.2, 0.25) is 0 Å². The highest BCUT2D eigenvalue weighted by Crippen LogP contribution is 2.55. The van der Waals surface area contributed by atoms with Crippen LogP contribution in [0.4, 0.5) is 0 Å². The maximum atomic E-state index is 13.1. The average Bonchev–Trinajstić information content (AvgIpc) is 3.40. The van der Waals surface area contributed by atoms with E-state index in [2.05, 4.69) is 39.2 Å². The number of H-pyrrole nitrogens is 1. The Hall–Kier alpha value is -3.08. The molecule has 2 aliphatic heterocycles. The van der Waals surface area contributed by atoms with Gasteiger partial charge in [-0.2, -0.15) is 5.10 Å². The minimum absolute atomic E-state index is 0.0382. The average molecular weight is 468 g/mol. The summed E-state index contributed by atoms with van der Waals surface area (Å²) in [5.41, 5.74) is 2.31. The zero-order valence-electron chi connectivity index (χ0n) is 18.5. The minimum atomic E-state index is -0.273. The van der Waals surface area contributed by atoms with Gasteiger partial charge in [0.2, 0.25) is 17.7 Å². The molecular formula is C22H25N7O3S. The Morgan fingerprint density at radius 1 is 1.24 bits per heavy atom. The fourth-order valence-electron chi connectivity index (χ4n) is 5.26. The van der Waals surface area contributed by atoms with Crippen molar-refractivity contribution in [3.05, 3.63) is 46.3 Å². The van der Waals surface area contributed by atoms with Gasteiger partial charge in [-0.05, 0) is 17.9 Å². The van der Waals surface area contributed by atoms with E-state index in [0.29, 0.717) is 49.3 Å². The summed E-state index contributed by atoms with van der Waals surface area (Å²) >= 11 is 1.34. The normalized spacial score (nSPS) is 24.8. The van der Waals surface area contributed by atoms with Crippen molar-refractivity contribution in [2.75, 3.05) is 26.2 Å². The molecule has 1 spiro atoms. The number of hydrogen-bond donors (Lipinski definition) is 1. The van der Waals surface area contributed by atoms with Crippen molar-refractivity contribution < 1.29 is 14.0 Å². The third-order valence-corrected chi connectivity index (χ3v) is 8.15. The van der Waals surface area contributed by atoms with E-state index >= 15 is 0 Å². The van der Waals surface area contributed by atoms with Gasteiger partial charge >= 0.3 is 0 Å². The third kappa shape index (κ3) is 3.45. The maximum absolute atomic E-state index is 13.1. The molecule has 0 aromatic carbocycles. The first kappa shape index (κ1) is 20.5. The Morgan fingerprint density at radius 2 is 2.03 bits per heavy atom. The van der Waals surface area contributed by atoms with Crippen LogP contribution in [0.5, 0.6) is 0 Å². The summed E-state index contributed by atoms with van der Waals surface area (Å²) in [6.07, 6.45) is 4.74. The lowest BCUT2D eigenvalue weighted by Crippen LogP contribution is -2.62. The third-order valence-electron chi connectivity index (χ3n) is 7.38. The van der Waals surface area contributed by atoms with Crippen molar-refractivity contribution in [2.24, 2.45) is 16.7 Å². The number of carbonyl (C=O) groups excluding carboxylic acids is 2. The van der Waals surface area contributed by atoms with Gasteiger partial charge in [-0.15, -0.1) is 21.5 Å². The Morgan fingerprint density at radius 3 is 2.70 bits per heavy atom. The van der Waals surface area contributed by atoms with Gasteiger partial charge in [0.25, 0.3) is 5.91 Å². The van der Waals surface area contributed by atoms with Crippen LogP contribution < -0.4 is 0 Å². The molecule has 172 valence electrons. The molecule has 3 fully saturated rings. The monoisotopic (exact) mass is 467 g/mol. The van der Waals surface area contributed by atoms with E-state index in [0.717, 1.165) is 12.1 Å². The van der Waals surface area contributed by atoms with Gasteiger partial charge in [-0.25, -0.2) is 0 Å². The lowest BCUT2D eigenvalue weighted by molar-refractivity contribution is -0.146. The van der Waals surface area contributed by atoms with Gasteiger partial charge in [0, 0.05) is 43.7 Å². The molecule has 11 heteroatoms. The lowest BCUT2D eigenvalue weighted by Gasteiger charge is -2.50. The first-order valence-corrected chi connectivity index (χ1v) is 12.0. The largest absolute Gasteiger partial charge is 0.424 e. The van der Waals surface area contributed by atoms with Gasteiger partial charge in [0.1, 0.15) is 4.88 Å². The second-order valence-electron chi connectivity index (χ2n) is 10.2. The molecule has 1 unspecified atom stereocenters. The highest BCUT2D eigenvalue weighted by molar-refractivity contribution is 7.11. The molecule has 2 atom stereocenters. The van der Waals surface area contributed by atoms with Crippen molar-refractivity contribution in [3.8, 4) is 0 Å². The fraction of sp³-hybridized carbons (Fsp3) is 0.545. The summed E-state index contributed by atoms with van der Waals surface area (Å²) in [4.78, 5) is 34.5. The van der Waals surface area contributed by atoms with E-state index in [1.54, 1.807) is 17.9 Å². The van der Waals surface area contributed by atoms with E-state index < -0.39 is 0 Å². The Labute approximate surface area is 194 Å². The summed E-state index contributed by atoms with van der Waals surface area (Å²) in [7, 11) is 0. The van der Waals surface area contributed by atoms with Crippen LogP contribution >= 0.6 is 11.3 Å². The number of nitrogens with zero attached hydrogens (tertiary/aromatic N) is 6. The number of hydrogen-bond acceptors (Lipinski definition) is 8. The predicted octanol–water partition coefficient (Wildman–Crippen LogP) is 1.95. The first-order chi connectivity index (χ1) is 15.8. The molecule has 3 aliphatic rings. The molecule has 33 heavy (non-hydrogen) atoms. The predicted molar refractivity (Wildman–Crippen MR) is 117 cm³/mol. The second-order valence-corrected chi connectivity index (χ2v) is 11.1. The van der Waals surface area contributed by atoms with Gasteiger partial charge in [-0.3, -0.25) is 19.7 Å². The molecule has 0 bridgehead atoms. The molecule has 0 radical (unpaired) electrons. The smallest absolute Gasteiger partial charge is 0.265 e. The van der Waals surface area contributed by atoms with E-state index in [1.165, 1.54) is 11.3 Å². The number of thiazole rings is 1. The molecule has 3 aromatic rings. The van der Waals surface area contributed by atoms with Gasteiger partial charge in [-0.1, -0.05) is 13.8 Å². The minimum Gasteiger partial charge on any atom is -0.424 e. The second kappa shape index (κ2) is 7.21. The van der Waals surface area contributed by atoms with Crippen molar-refractivity contribution in [1.29, 1.82) is 0 Å². The molecule has 6 rings (SSSR count). The van der Waals surface area contributed by atoms with Crippen LogP contribution in [0.15, 0.2) is 28.4 Å². The van der Waals surface area contributed by atoms with Crippen molar-refractivity contribution in [1.82, 2.24) is 35.2 Å². The Kier molecular flexibility index (Phi) is 4.48. The highest BCUT2D eigenvalue weighted by atomic mass is 32.1. The number of likely N-dealkylation sites (tertiary alicyclic amines) is 2. The SMILES string of the molecule is CC1(C)C[C@@H]1C(=O)N1CC2(CN(C(=O)c3cncs3)CC2c2nnc(Cc3cc[nH]n3)o2)C1. The van der Waals surface area contributed by atoms with Crippen LogP contribution in [0, 0.1) is 16.7 Å². The van der Waals surface area contributed by atoms with Crippen LogP contribution in [0.25, 0.3) is 0 Å². The summed E-state index contributed by atoms with van der Waals surface area (Å²) in [5, 5.41) is 15.5. The number of rotatable bonds is 5. The molecule has 10 nitrogen and oxygen atoms in total. The molecule has 1 saturated carbocycles. The van der Waals surface area contributed by atoms with Gasteiger partial charge in [0.15, 0.2) is 0 Å². The number of nitrogens with one attached hydrogen (secondary N) is 1. The highest BCUT2D eigenvalue weighted by Gasteiger charge is 2.61. The van der Waals surface area contributed by atoms with E-state index in [1.807, 2.05) is 15.9 Å². The van der Waals surface area contributed by atoms with Crippen LogP contribution in [0.1, 0.15) is 53.3 Å². The molecule has 1 aliphatic carbocycles. The van der Waals surface area contributed by atoms with Crippen molar-refractivity contribution >= 4 is 23.2 Å². The van der Waals surface area contributed by atoms with Crippen LogP contribution in [0.3, 0.4) is 0 Å². The number of aromatic nitrogens is 5. The number of aromatic amines is 1. The van der Waals surface area contributed by atoms with E-state index in [9.17, 15) is 9.59 Å². The number of carbonyl (C=O) groups is 2. The molecular weight excluding hydrogens is 442 g/mol.